The Kier molecular flexibility index (Phi) is 4.89. The van der Waals surface area contributed by atoms with Crippen LogP contribution in [0.5, 0.6) is 5.75 Å². The summed E-state index contributed by atoms with van der Waals surface area (Å²) in [4.78, 5) is 38.7. The van der Waals surface area contributed by atoms with Crippen molar-refractivity contribution in [1.82, 2.24) is 0 Å². The summed E-state index contributed by atoms with van der Waals surface area (Å²) in [6.45, 7) is 0. The van der Waals surface area contributed by atoms with E-state index in [0.29, 0.717) is 11.1 Å². The van der Waals surface area contributed by atoms with Crippen molar-refractivity contribution in [2.45, 2.75) is 23.7 Å². The number of carbonyl (C=O) groups excluding carboxylic acids is 3. The van der Waals surface area contributed by atoms with Gasteiger partial charge in [-0.3, -0.25) is 14.4 Å². The molecule has 10 heteroatoms. The molecule has 0 aliphatic heterocycles. The van der Waals surface area contributed by atoms with Gasteiger partial charge in [0.05, 0.1) is 23.6 Å². The van der Waals surface area contributed by atoms with Crippen molar-refractivity contribution in [3.63, 3.8) is 0 Å². The molecule has 3 aliphatic rings. The number of phenols is 1. The average molecular weight is 478 g/mol. The number of ketones is 2. The van der Waals surface area contributed by atoms with E-state index in [9.17, 15) is 39.9 Å². The number of aliphatic hydroxyl groups is 4. The van der Waals surface area contributed by atoms with Crippen molar-refractivity contribution < 1.29 is 39.9 Å². The van der Waals surface area contributed by atoms with Gasteiger partial charge < -0.3 is 37.0 Å². The van der Waals surface area contributed by atoms with Gasteiger partial charge in [0.15, 0.2) is 11.4 Å². The number of carbonyl (C=O) groups is 3. The standard InChI is InChI=1S/C25H22N2O8/c26-18-17-20(30)14-12(9-5-2-1-3-6-9)10-7-4-8-11(28)13(10)19(29)15(14)22(32)25(17,35)23(33)16(21(18)31)24(27)34/h1-8,12,14,17-18,20,28,30-32,35H,26H2,(H2,27,34)/t12-,14-,17-,18+,20+,25+/m1/s1. The quantitative estimate of drug-likeness (QED) is 0.291. The van der Waals surface area contributed by atoms with Crippen molar-refractivity contribution in [1.29, 1.82) is 0 Å². The number of hydrogen-bond donors (Lipinski definition) is 7. The molecule has 0 aromatic heterocycles. The second-order valence-corrected chi connectivity index (χ2v) is 9.01. The minimum atomic E-state index is -3.01. The third-order valence-corrected chi connectivity index (χ3v) is 7.35. The lowest BCUT2D eigenvalue weighted by molar-refractivity contribution is -0.156. The van der Waals surface area contributed by atoms with Gasteiger partial charge in [-0.1, -0.05) is 42.5 Å². The number of aliphatic hydroxyl groups excluding tert-OH is 3. The molecule has 0 unspecified atom stereocenters. The van der Waals surface area contributed by atoms with E-state index in [0.717, 1.165) is 0 Å². The van der Waals surface area contributed by atoms with E-state index < -0.39 is 81.4 Å². The number of aromatic hydroxyl groups is 1. The largest absolute Gasteiger partial charge is 0.510 e. The number of primary amides is 1. The second-order valence-electron chi connectivity index (χ2n) is 9.01. The third-order valence-electron chi connectivity index (χ3n) is 7.35. The summed E-state index contributed by atoms with van der Waals surface area (Å²) >= 11 is 0. The lowest BCUT2D eigenvalue weighted by Crippen LogP contribution is -2.68. The van der Waals surface area contributed by atoms with Crippen LogP contribution >= 0.6 is 0 Å². The number of benzene rings is 2. The third kappa shape index (κ3) is 2.78. The number of fused-ring (bicyclic) bond motifs is 3. The van der Waals surface area contributed by atoms with Crippen LogP contribution in [0.4, 0.5) is 0 Å². The van der Waals surface area contributed by atoms with E-state index >= 15 is 0 Å². The Hall–Kier alpha value is -3.99. The zero-order valence-electron chi connectivity index (χ0n) is 18.1. The lowest BCUT2D eigenvalue weighted by atomic mass is 9.54. The van der Waals surface area contributed by atoms with E-state index in [1.165, 1.54) is 12.1 Å². The van der Waals surface area contributed by atoms with Crippen molar-refractivity contribution in [3.8, 4) is 5.75 Å². The highest BCUT2D eigenvalue weighted by atomic mass is 16.4. The van der Waals surface area contributed by atoms with Crippen LogP contribution in [0, 0.1) is 11.8 Å². The molecular weight excluding hydrogens is 456 g/mol. The molecule has 1 amide bonds. The summed E-state index contributed by atoms with van der Waals surface area (Å²) in [6.07, 6.45) is -1.74. The molecule has 180 valence electrons. The molecule has 5 rings (SSSR count). The Morgan fingerprint density at radius 2 is 1.63 bits per heavy atom. The predicted octanol–water partition coefficient (Wildman–Crippen LogP) is 0.0779. The SMILES string of the molecule is NC(=O)C1=C(O)[C@@H](N)[C@@H]2[C@@H](O)[C@H]3C(=C(O)[C@]2(O)C1=O)C(=O)c1c(O)cccc1[C@H]3c1ccccc1. The van der Waals surface area contributed by atoms with Gasteiger partial charge >= 0.3 is 0 Å². The van der Waals surface area contributed by atoms with Crippen LogP contribution in [0.2, 0.25) is 0 Å². The summed E-state index contributed by atoms with van der Waals surface area (Å²) in [7, 11) is 0. The maximum Gasteiger partial charge on any atom is 0.255 e. The zero-order valence-corrected chi connectivity index (χ0v) is 18.1. The van der Waals surface area contributed by atoms with E-state index in [4.69, 9.17) is 11.5 Å². The Morgan fingerprint density at radius 3 is 2.26 bits per heavy atom. The number of phenolic OH excluding ortho intramolecular Hbond substituents is 1. The maximum absolute atomic E-state index is 13.6. The fourth-order valence-corrected chi connectivity index (χ4v) is 5.84. The summed E-state index contributed by atoms with van der Waals surface area (Å²) in [5.41, 5.74) is 7.56. The molecule has 0 bridgehead atoms. The Morgan fingerprint density at radius 1 is 0.971 bits per heavy atom. The van der Waals surface area contributed by atoms with Gasteiger partial charge in [-0.25, -0.2) is 0 Å². The highest BCUT2D eigenvalue weighted by molar-refractivity contribution is 6.25. The lowest BCUT2D eigenvalue weighted by Gasteiger charge is -2.52. The first-order valence-corrected chi connectivity index (χ1v) is 10.8. The van der Waals surface area contributed by atoms with Gasteiger partial charge in [0.1, 0.15) is 22.8 Å². The molecule has 3 aliphatic carbocycles. The van der Waals surface area contributed by atoms with Gasteiger partial charge in [-0.05, 0) is 17.2 Å². The van der Waals surface area contributed by atoms with Gasteiger partial charge in [0.2, 0.25) is 5.78 Å². The van der Waals surface area contributed by atoms with Crippen LogP contribution in [0.3, 0.4) is 0 Å². The molecule has 0 saturated carbocycles. The van der Waals surface area contributed by atoms with Crippen LogP contribution in [0.1, 0.15) is 27.4 Å². The zero-order chi connectivity index (χ0) is 25.4. The van der Waals surface area contributed by atoms with Gasteiger partial charge in [0.25, 0.3) is 5.91 Å². The normalized spacial score (nSPS) is 32.1. The van der Waals surface area contributed by atoms with Crippen LogP contribution < -0.4 is 11.5 Å². The number of hydrogen-bond acceptors (Lipinski definition) is 9. The number of amides is 1. The number of Topliss-reactive ketones (excluding diaryl/α,β-unsaturated/α-hetero) is 2. The number of nitrogens with two attached hydrogens (primary N) is 2. The van der Waals surface area contributed by atoms with Crippen LogP contribution in [0.15, 0.2) is 71.2 Å². The Labute approximate surface area is 198 Å². The summed E-state index contributed by atoms with van der Waals surface area (Å²) in [5, 5.41) is 55.3. The average Bonchev–Trinajstić information content (AvgIpc) is 2.82. The molecule has 2 aromatic carbocycles. The molecule has 9 N–H and O–H groups in total. The fourth-order valence-electron chi connectivity index (χ4n) is 5.84. The van der Waals surface area contributed by atoms with E-state index in [2.05, 4.69) is 0 Å². The minimum absolute atomic E-state index is 0.158. The highest BCUT2D eigenvalue weighted by Gasteiger charge is 2.66. The summed E-state index contributed by atoms with van der Waals surface area (Å²) in [5.74, 6) is -9.95. The smallest absolute Gasteiger partial charge is 0.255 e. The topological polar surface area (TPSA) is 204 Å². The van der Waals surface area contributed by atoms with E-state index in [1.54, 1.807) is 36.4 Å². The monoisotopic (exact) mass is 478 g/mol. The van der Waals surface area contributed by atoms with Gasteiger partial charge in [-0.15, -0.1) is 0 Å². The molecule has 2 aromatic rings. The molecule has 0 fully saturated rings. The molecule has 35 heavy (non-hydrogen) atoms. The predicted molar refractivity (Wildman–Crippen MR) is 120 cm³/mol. The van der Waals surface area contributed by atoms with E-state index in [-0.39, 0.29) is 5.56 Å². The first-order chi connectivity index (χ1) is 16.5. The Bertz CT molecular complexity index is 1360. The molecule has 0 heterocycles. The van der Waals surface area contributed by atoms with Crippen molar-refractivity contribution in [2.75, 3.05) is 0 Å². The highest BCUT2D eigenvalue weighted by Crippen LogP contribution is 2.56. The van der Waals surface area contributed by atoms with Gasteiger partial charge in [-0.2, -0.15) is 0 Å². The molecular formula is C25H22N2O8. The Balaban J connectivity index is 1.85. The molecule has 0 spiro atoms. The summed E-state index contributed by atoms with van der Waals surface area (Å²) < 4.78 is 0. The van der Waals surface area contributed by atoms with Crippen LogP contribution in [0.25, 0.3) is 0 Å². The van der Waals surface area contributed by atoms with E-state index in [1.807, 2.05) is 0 Å². The van der Waals surface area contributed by atoms with Crippen LogP contribution in [-0.2, 0) is 9.59 Å². The molecule has 0 radical (unpaired) electrons. The second kappa shape index (κ2) is 7.51. The number of rotatable bonds is 2. The minimum Gasteiger partial charge on any atom is -0.510 e. The first-order valence-electron chi connectivity index (χ1n) is 10.8. The van der Waals surface area contributed by atoms with Crippen LogP contribution in [-0.4, -0.2) is 60.8 Å². The van der Waals surface area contributed by atoms with Gasteiger partial charge in [0, 0.05) is 17.4 Å². The maximum atomic E-state index is 13.6. The fraction of sp³-hybridized carbons (Fsp3) is 0.240. The van der Waals surface area contributed by atoms with Crippen molar-refractivity contribution >= 4 is 17.5 Å². The first kappa shape index (κ1) is 22.8. The van der Waals surface area contributed by atoms with Crippen molar-refractivity contribution in [2.24, 2.45) is 23.3 Å². The van der Waals surface area contributed by atoms with Crippen molar-refractivity contribution in [3.05, 3.63) is 87.9 Å². The molecule has 10 nitrogen and oxygen atoms in total. The molecule has 0 saturated heterocycles. The summed E-state index contributed by atoms with van der Waals surface area (Å²) in [6, 6.07) is 11.4. The molecule has 6 atom stereocenters.